The molecule has 0 atom stereocenters. The minimum atomic E-state index is -2.60. The molecule has 0 spiro atoms. The Balaban J connectivity index is -0.0000000000339. The van der Waals surface area contributed by atoms with Gasteiger partial charge in [-0.1, -0.05) is 0 Å². The number of hydrogen-bond acceptors (Lipinski definition) is 6. The summed E-state index contributed by atoms with van der Waals surface area (Å²) < 4.78 is 47.9. The molecule has 52 valence electrons. The molecular weight excluding hydrogens is 2490 g/mol. The summed E-state index contributed by atoms with van der Waals surface area (Å²) in [5.41, 5.74) is 0. The van der Waals surface area contributed by atoms with Gasteiger partial charge in [0.25, 0.3) is 21.6 Å². The monoisotopic (exact) mass is 2490 g/mol. The first-order valence-corrected chi connectivity index (χ1v) is 2.87. The van der Waals surface area contributed by atoms with Gasteiger partial charge in [-0.25, -0.2) is 0 Å². The number of hydrogen-bond donors (Lipinski definition) is 2. The van der Waals surface area contributed by atoms with Gasteiger partial charge in [0.15, 0.2) is 0 Å². The fourth-order valence-electron chi connectivity index (χ4n) is 0. The van der Waals surface area contributed by atoms with Crippen molar-refractivity contribution < 1.29 is 3030 Å². The van der Waals surface area contributed by atoms with Crippen LogP contribution in [-0.2, 0) is 0 Å². The molecule has 0 bridgehead atoms. The van der Waals surface area contributed by atoms with Gasteiger partial charge in [0, 0.05) is 9.32 Å². The molecule has 0 radical (unpaired) electrons. The summed E-state index contributed by atoms with van der Waals surface area (Å²) in [5.74, 6) is 0. The first kappa shape index (κ1) is 800. The van der Waals surface area contributed by atoms with Gasteiger partial charge in [-0.05, 0) is 0 Å². The Morgan fingerprint density at radius 1 is 0.0642 bits per heavy atom. The van der Waals surface area contributed by atoms with E-state index in [9.17, 15) is 0 Å². The molecule has 0 unspecified atom stereocenters. The van der Waals surface area contributed by atoms with Crippen LogP contribution in [0.2, 0.25) is 0 Å². The van der Waals surface area contributed by atoms with E-state index in [2.05, 4.69) is 0 Å². The molecule has 0 aromatic heterocycles. The number of rotatable bonds is 0. The third-order valence-corrected chi connectivity index (χ3v) is 0. The molecule has 0 aromatic rings. The molecule has 6 nitrogen and oxygen atoms in total. The molecule has 109 heteroatoms. The average molecular weight is 2490 g/mol. The van der Waals surface area contributed by atoms with Gasteiger partial charge in [0.1, 0.15) is 0 Å². The maximum absolute atomic E-state index is 8.52. The summed E-state index contributed by atoms with van der Waals surface area (Å²) in [5, 5.41) is 0. The van der Waals surface area contributed by atoms with Crippen LogP contribution in [0.5, 0.6) is 0 Å². The van der Waals surface area contributed by atoms with Crippen molar-refractivity contribution in [3.05, 3.63) is 0 Å². The van der Waals surface area contributed by atoms with Crippen molar-refractivity contribution in [3.63, 3.8) is 0 Å². The van der Waals surface area contributed by atoms with E-state index in [4.69, 9.17) is 28.0 Å². The molecule has 0 aromatic carbocycles. The van der Waals surface area contributed by atoms with Crippen molar-refractivity contribution >= 4 is 0 Å². The zero-order valence-corrected chi connectivity index (χ0v) is 308. The van der Waals surface area contributed by atoms with E-state index >= 15 is 0 Å². The van der Waals surface area contributed by atoms with Crippen LogP contribution < -0.4 is 3000 Å². The fraction of sp³-hybridized carbons (Fsp3) is 0. The van der Waals surface area contributed by atoms with Gasteiger partial charge < -0.3 is 18.6 Å². The Hall–Kier alpha value is 101. The Kier molecular flexibility index (Phi) is 5790. The smallest absolute Gasteiger partial charge is 0.321 e. The Labute approximate surface area is 2920 Å². The van der Waals surface area contributed by atoms with Crippen LogP contribution in [0.25, 0.3) is 0 Å². The van der Waals surface area contributed by atoms with Gasteiger partial charge in [-0.3, -0.25) is 0 Å². The van der Waals surface area contributed by atoms with Crippen LogP contribution in [0.15, 0.2) is 0 Å². The largest absolute Gasteiger partial charge is 1.00 e. The summed E-state index contributed by atoms with van der Waals surface area (Å²) in [6.07, 6.45) is 0. The first-order valence-electron chi connectivity index (χ1n) is 0.955. The molecule has 0 heterocycles. The van der Waals surface area contributed by atoms with Crippen molar-refractivity contribution in [1.29, 1.82) is 0 Å². The van der Waals surface area contributed by atoms with Gasteiger partial charge in [-0.2, -0.15) is 0 Å². The molecular formula is H2Cl2Na101O6+101. The number of halogens is 2. The van der Waals surface area contributed by atoms with Gasteiger partial charge >= 0.3 is 2990 Å². The van der Waals surface area contributed by atoms with Crippen molar-refractivity contribution in [1.82, 2.24) is 0 Å². The minimum absolute atomic E-state index is 0. The van der Waals surface area contributed by atoms with E-state index in [1.165, 1.54) is 0 Å². The van der Waals surface area contributed by atoms with Crippen molar-refractivity contribution in [3.8, 4) is 0 Å². The van der Waals surface area contributed by atoms with Crippen molar-refractivity contribution in [2.75, 3.05) is 0 Å². The standard InChI is InChI=1S/2ClHO3.101Na/c2*2-1(3)4;;;;;;;;;;;;;;;;;;;;;;;;;;;;;;;;;;;;;;;;;;;;;;;;;;;;;;;;;;;;;;;;;;;;;;;;;;;;;;;;;;;;;;;;;;;;;;;;;;;;;/h2*2H;;;;;;;;;;;;;;;;;;;;;;;;;;;;;;;;;;;;;;;;;;;;;;;;;;;;;;;;;;;;;;;;;;;;;;;;;;;;;;;;;;;;;;;;;;;;;;;;;;;;;/q;;101*+1. The molecule has 0 saturated carbocycles. The molecule has 0 aliphatic carbocycles. The third-order valence-electron chi connectivity index (χ3n) is 0. The second-order valence-corrected chi connectivity index (χ2v) is 1.21. The quantitative estimate of drug-likeness (QED) is 0.232. The Morgan fingerprint density at radius 2 is 0.0642 bits per heavy atom. The van der Waals surface area contributed by atoms with E-state index in [1.54, 1.807) is 0 Å². The van der Waals surface area contributed by atoms with Crippen LogP contribution in [0.1, 0.15) is 0 Å². The minimum Gasteiger partial charge on any atom is -0.321 e. The first-order chi connectivity index (χ1) is 3.46. The normalized spacial score (nSPS) is 0.661. The second kappa shape index (κ2) is 789. The molecule has 0 rings (SSSR count). The molecule has 0 amide bonds. The molecule has 0 aliphatic rings. The Morgan fingerprint density at radius 3 is 0.0642 bits per heavy atom. The Bertz CT molecular complexity index is 63.3. The van der Waals surface area contributed by atoms with Gasteiger partial charge in [-0.15, -0.1) is 0 Å². The average Bonchev–Trinajstić information content (AvgIpc) is 1.25. The van der Waals surface area contributed by atoms with Crippen LogP contribution in [-0.4, -0.2) is 9.32 Å². The zero-order chi connectivity index (χ0) is 7.15. The third kappa shape index (κ3) is 876. The van der Waals surface area contributed by atoms with Crippen LogP contribution in [0, 0.1) is 21.6 Å². The summed E-state index contributed by atoms with van der Waals surface area (Å²) in [4.78, 5) is 0. The van der Waals surface area contributed by atoms with Crippen LogP contribution >= 0.6 is 0 Å². The van der Waals surface area contributed by atoms with E-state index < -0.39 is 21.6 Å². The summed E-state index contributed by atoms with van der Waals surface area (Å²) in [6.45, 7) is 0. The van der Waals surface area contributed by atoms with Crippen molar-refractivity contribution in [2.45, 2.75) is 0 Å². The van der Waals surface area contributed by atoms with Gasteiger partial charge in [0.05, 0.1) is 0 Å². The molecule has 0 saturated heterocycles. The van der Waals surface area contributed by atoms with E-state index in [0.717, 1.165) is 0 Å². The molecule has 0 fully saturated rings. The van der Waals surface area contributed by atoms with E-state index in [0.29, 0.717) is 0 Å². The second-order valence-electron chi connectivity index (χ2n) is 0.402. The van der Waals surface area contributed by atoms with Crippen LogP contribution in [0.3, 0.4) is 0 Å². The van der Waals surface area contributed by atoms with Crippen LogP contribution in [0.4, 0.5) is 0 Å². The molecule has 109 heavy (non-hydrogen) atoms. The van der Waals surface area contributed by atoms with Gasteiger partial charge in [0.2, 0.25) is 0 Å². The SMILES string of the molecule is [Na+].[Na+].[Na+].[Na+].[Na+].[Na+].[Na+].[Na+].[Na+].[Na+].[Na+].[Na+].[Na+].[Na+].[Na+].[Na+].[Na+].[Na+].[Na+].[Na+].[Na+].[Na+].[Na+].[Na+].[Na+].[Na+].[Na+].[Na+].[Na+].[Na+].[Na+].[Na+].[Na+].[Na+].[Na+].[Na+].[Na+].[Na+].[Na+].[Na+].[Na+].[Na+].[Na+].[Na+].[Na+].[Na+].[Na+].[Na+].[Na+].[Na+].[Na+].[Na+].[Na+].[Na+].[Na+].[Na+].[Na+].[Na+].[Na+].[Na+].[Na+].[Na+].[Na+].[Na+].[Na+].[Na+].[Na+].[Na+].[Na+].[Na+].[Na+].[Na+].[Na+].[Na+].[Na+].[Na+].[Na+].[Na+].[Na+].[Na+].[Na+].[Na+].[Na+].[Na+].[Na+].[Na+].[Na+].[Na+].[Na+].[Na+].[Na+].[Na+].[Na+].[Na+].[Na+].[Na+].[Na+].[Na+].[Na+].[Na+].[Na+].[O-][Cl+2]([O-])O.[O-][Cl+2]([O-])O. The zero-order valence-electron chi connectivity index (χ0n) is 104. The molecule has 0 aliphatic heterocycles. The van der Waals surface area contributed by atoms with E-state index in [-0.39, 0.29) is 2990 Å². The summed E-state index contributed by atoms with van der Waals surface area (Å²) >= 11 is 0. The maximum Gasteiger partial charge on any atom is 1.00 e. The summed E-state index contributed by atoms with van der Waals surface area (Å²) in [6, 6.07) is 0. The van der Waals surface area contributed by atoms with Crippen molar-refractivity contribution in [2.24, 2.45) is 0 Å². The molecule has 2 N–H and O–H groups in total. The maximum atomic E-state index is 8.52. The summed E-state index contributed by atoms with van der Waals surface area (Å²) in [7, 11) is -5.20. The predicted octanol–water partition coefficient (Wildman–Crippen LogP) is -308. The van der Waals surface area contributed by atoms with E-state index in [1.807, 2.05) is 0 Å². The fourth-order valence-corrected chi connectivity index (χ4v) is 0. The topological polar surface area (TPSA) is 133 Å². The predicted molar refractivity (Wildman–Crippen MR) is 4.44 cm³/mol.